The topological polar surface area (TPSA) is 50.3 Å². The van der Waals surface area contributed by atoms with Gasteiger partial charge in [-0.3, -0.25) is 14.6 Å². The van der Waals surface area contributed by atoms with Gasteiger partial charge in [0, 0.05) is 29.3 Å². The average Bonchev–Trinajstić information content (AvgIpc) is 2.69. The van der Waals surface area contributed by atoms with Gasteiger partial charge in [-0.15, -0.1) is 0 Å². The summed E-state index contributed by atoms with van der Waals surface area (Å²) in [5.74, 6) is -0.0671. The Morgan fingerprint density at radius 1 is 1.00 bits per heavy atom. The molecule has 0 spiro atoms. The van der Waals surface area contributed by atoms with Crippen LogP contribution in [-0.4, -0.2) is 16.7 Å². The van der Waals surface area contributed by atoms with E-state index >= 15 is 0 Å². The molecule has 2 heterocycles. The second-order valence-electron chi connectivity index (χ2n) is 7.01. The molecule has 0 radical (unpaired) electrons. The van der Waals surface area contributed by atoms with Crippen LogP contribution in [0, 0.1) is 0 Å². The largest absolute Gasteiger partial charge is 0.308 e. The third-order valence-corrected chi connectivity index (χ3v) is 5.27. The minimum absolute atomic E-state index is 0.00907. The van der Waals surface area contributed by atoms with Gasteiger partial charge in [0.25, 0.3) is 0 Å². The molecule has 3 aromatic rings. The summed E-state index contributed by atoms with van der Waals surface area (Å²) in [6.07, 6.45) is 5.71. The highest BCUT2D eigenvalue weighted by Gasteiger charge is 2.20. The van der Waals surface area contributed by atoms with Crippen LogP contribution in [0.3, 0.4) is 0 Å². The van der Waals surface area contributed by atoms with Gasteiger partial charge < -0.3 is 4.90 Å². The summed E-state index contributed by atoms with van der Waals surface area (Å²) in [5, 5.41) is 0.618. The standard InChI is InChI=1S/C24H19ClN2O2/c1-15(28)21-5-3-4-6-22(21)23-12-19-14-27(16(2)29)24-10-9-20(25)11-17(24)7-8-18(19)13-26-23/h3-13H,14H2,1-2H3/b8-7-. The van der Waals surface area contributed by atoms with Crippen LogP contribution in [0.25, 0.3) is 23.4 Å². The van der Waals surface area contributed by atoms with E-state index in [0.29, 0.717) is 22.8 Å². The summed E-state index contributed by atoms with van der Waals surface area (Å²) < 4.78 is 0. The van der Waals surface area contributed by atoms with E-state index < -0.39 is 0 Å². The van der Waals surface area contributed by atoms with Gasteiger partial charge >= 0.3 is 0 Å². The number of aromatic nitrogens is 1. The van der Waals surface area contributed by atoms with Gasteiger partial charge in [-0.05, 0) is 47.9 Å². The van der Waals surface area contributed by atoms with E-state index in [1.54, 1.807) is 37.1 Å². The van der Waals surface area contributed by atoms with Crippen molar-refractivity contribution in [1.82, 2.24) is 4.98 Å². The van der Waals surface area contributed by atoms with Gasteiger partial charge in [-0.25, -0.2) is 0 Å². The summed E-state index contributed by atoms with van der Waals surface area (Å²) >= 11 is 6.15. The smallest absolute Gasteiger partial charge is 0.224 e. The lowest BCUT2D eigenvalue weighted by atomic mass is 9.97. The average molecular weight is 403 g/mol. The third-order valence-electron chi connectivity index (χ3n) is 5.04. The Labute approximate surface area is 174 Å². The van der Waals surface area contributed by atoms with E-state index in [1.165, 1.54) is 0 Å². The molecule has 0 atom stereocenters. The second kappa shape index (κ2) is 7.64. The zero-order valence-corrected chi connectivity index (χ0v) is 16.9. The first-order valence-corrected chi connectivity index (χ1v) is 9.67. The highest BCUT2D eigenvalue weighted by molar-refractivity contribution is 6.30. The van der Waals surface area contributed by atoms with Crippen LogP contribution in [0.1, 0.15) is 40.9 Å². The zero-order chi connectivity index (χ0) is 20.5. The fourth-order valence-corrected chi connectivity index (χ4v) is 3.76. The molecular weight excluding hydrogens is 384 g/mol. The van der Waals surface area contributed by atoms with Gasteiger partial charge in [0.1, 0.15) is 0 Å². The van der Waals surface area contributed by atoms with Crippen molar-refractivity contribution in [3.05, 3.63) is 82.0 Å². The monoisotopic (exact) mass is 402 g/mol. The number of ketones is 1. The molecule has 0 bridgehead atoms. The highest BCUT2D eigenvalue weighted by atomic mass is 35.5. The van der Waals surface area contributed by atoms with Crippen molar-refractivity contribution in [1.29, 1.82) is 0 Å². The van der Waals surface area contributed by atoms with Crippen LogP contribution < -0.4 is 4.90 Å². The zero-order valence-electron chi connectivity index (χ0n) is 16.1. The number of Topliss-reactive ketones (excluding diaryl/α,β-unsaturated/α-hetero) is 1. The Kier molecular flexibility index (Phi) is 5.03. The Bertz CT molecular complexity index is 1170. The normalized spacial score (nSPS) is 13.7. The van der Waals surface area contributed by atoms with E-state index in [1.807, 2.05) is 48.6 Å². The minimum Gasteiger partial charge on any atom is -0.308 e. The van der Waals surface area contributed by atoms with E-state index in [0.717, 1.165) is 27.9 Å². The highest BCUT2D eigenvalue weighted by Crippen LogP contribution is 2.32. The predicted octanol–water partition coefficient (Wildman–Crippen LogP) is 5.64. The van der Waals surface area contributed by atoms with Crippen molar-refractivity contribution in [3.63, 3.8) is 0 Å². The van der Waals surface area contributed by atoms with Crippen LogP contribution in [-0.2, 0) is 11.3 Å². The first-order chi connectivity index (χ1) is 13.9. The van der Waals surface area contributed by atoms with E-state index in [9.17, 15) is 9.59 Å². The number of nitrogens with zero attached hydrogens (tertiary/aromatic N) is 2. The fraction of sp³-hybridized carbons (Fsp3) is 0.125. The molecule has 0 unspecified atom stereocenters. The van der Waals surface area contributed by atoms with Crippen LogP contribution in [0.4, 0.5) is 5.69 Å². The van der Waals surface area contributed by atoms with Crippen molar-refractivity contribution < 1.29 is 9.59 Å². The van der Waals surface area contributed by atoms with Crippen LogP contribution >= 0.6 is 11.6 Å². The lowest BCUT2D eigenvalue weighted by molar-refractivity contribution is -0.116. The molecule has 0 aliphatic carbocycles. The van der Waals surface area contributed by atoms with Crippen molar-refractivity contribution in [2.24, 2.45) is 0 Å². The molecule has 0 saturated heterocycles. The van der Waals surface area contributed by atoms with Crippen LogP contribution in [0.5, 0.6) is 0 Å². The van der Waals surface area contributed by atoms with E-state index in [2.05, 4.69) is 4.98 Å². The van der Waals surface area contributed by atoms with Crippen molar-refractivity contribution >= 4 is 41.1 Å². The number of amides is 1. The quantitative estimate of drug-likeness (QED) is 0.521. The maximum atomic E-state index is 12.4. The van der Waals surface area contributed by atoms with Gasteiger partial charge in [-0.2, -0.15) is 0 Å². The Balaban J connectivity index is 1.86. The fourth-order valence-electron chi connectivity index (χ4n) is 3.58. The number of carbonyl (C=O) groups excluding carboxylic acids is 2. The maximum absolute atomic E-state index is 12.4. The number of halogens is 1. The van der Waals surface area contributed by atoms with Crippen LogP contribution in [0.2, 0.25) is 5.02 Å². The number of fused-ring (bicyclic) bond motifs is 2. The van der Waals surface area contributed by atoms with Gasteiger partial charge in [-0.1, -0.05) is 48.0 Å². The lowest BCUT2D eigenvalue weighted by Gasteiger charge is -2.26. The molecule has 0 fully saturated rings. The number of anilines is 1. The first-order valence-electron chi connectivity index (χ1n) is 9.29. The lowest BCUT2D eigenvalue weighted by Crippen LogP contribution is -2.29. The molecule has 0 N–H and O–H groups in total. The first kappa shape index (κ1) is 19.1. The number of pyridine rings is 1. The Morgan fingerprint density at radius 2 is 1.76 bits per heavy atom. The number of carbonyl (C=O) groups is 2. The Hall–Kier alpha value is -3.24. The summed E-state index contributed by atoms with van der Waals surface area (Å²) in [5.41, 5.74) is 5.70. The molecule has 29 heavy (non-hydrogen) atoms. The van der Waals surface area contributed by atoms with Crippen molar-refractivity contribution in [2.75, 3.05) is 4.90 Å². The van der Waals surface area contributed by atoms with Crippen molar-refractivity contribution in [3.8, 4) is 11.3 Å². The molecular formula is C24H19ClN2O2. The molecule has 1 aromatic heterocycles. The van der Waals surface area contributed by atoms with E-state index in [-0.39, 0.29) is 11.7 Å². The van der Waals surface area contributed by atoms with Crippen LogP contribution in [0.15, 0.2) is 54.7 Å². The molecule has 2 aromatic carbocycles. The molecule has 0 saturated carbocycles. The predicted molar refractivity (Wildman–Crippen MR) is 117 cm³/mol. The number of hydrogen-bond donors (Lipinski definition) is 0. The van der Waals surface area contributed by atoms with Crippen molar-refractivity contribution in [2.45, 2.75) is 20.4 Å². The SMILES string of the molecule is CC(=O)c1ccccc1-c1cc2c(cn1)/C=C\c1cc(Cl)ccc1N(C(C)=O)C2. The van der Waals surface area contributed by atoms with Gasteiger partial charge in [0.2, 0.25) is 5.91 Å². The number of hydrogen-bond acceptors (Lipinski definition) is 3. The molecule has 1 aliphatic heterocycles. The molecule has 4 rings (SSSR count). The number of benzene rings is 2. The third kappa shape index (κ3) is 3.71. The van der Waals surface area contributed by atoms with Gasteiger partial charge in [0.05, 0.1) is 17.9 Å². The molecule has 4 nitrogen and oxygen atoms in total. The Morgan fingerprint density at radius 3 is 2.52 bits per heavy atom. The summed E-state index contributed by atoms with van der Waals surface area (Å²) in [6.45, 7) is 3.51. The molecule has 1 amide bonds. The summed E-state index contributed by atoms with van der Waals surface area (Å²) in [4.78, 5) is 30.8. The molecule has 144 valence electrons. The maximum Gasteiger partial charge on any atom is 0.224 e. The van der Waals surface area contributed by atoms with E-state index in [4.69, 9.17) is 11.6 Å². The summed E-state index contributed by atoms with van der Waals surface area (Å²) in [6, 6.07) is 14.9. The molecule has 1 aliphatic rings. The van der Waals surface area contributed by atoms with Gasteiger partial charge in [0.15, 0.2) is 5.78 Å². The number of rotatable bonds is 2. The minimum atomic E-state index is -0.0580. The molecule has 5 heteroatoms. The second-order valence-corrected chi connectivity index (χ2v) is 7.45. The summed E-state index contributed by atoms with van der Waals surface area (Å²) in [7, 11) is 0.